The first-order chi connectivity index (χ1) is 14.6. The Kier molecular flexibility index (Phi) is 6.68. The minimum Gasteiger partial charge on any atom is -0.354 e. The van der Waals surface area contributed by atoms with Crippen LogP contribution in [-0.2, 0) is 14.8 Å². The van der Waals surface area contributed by atoms with E-state index in [0.717, 1.165) is 6.26 Å². The van der Waals surface area contributed by atoms with Crippen molar-refractivity contribution in [2.75, 3.05) is 32.9 Å². The van der Waals surface area contributed by atoms with Gasteiger partial charge in [-0.15, -0.1) is 0 Å². The van der Waals surface area contributed by atoms with Gasteiger partial charge in [-0.25, -0.2) is 23.4 Å². The van der Waals surface area contributed by atoms with Crippen LogP contribution in [0.2, 0.25) is 5.15 Å². The highest BCUT2D eigenvalue weighted by Crippen LogP contribution is 2.31. The lowest BCUT2D eigenvalue weighted by Crippen LogP contribution is -2.51. The summed E-state index contributed by atoms with van der Waals surface area (Å²) in [7, 11) is -2.08. The Hall–Kier alpha value is -2.89. The first kappa shape index (κ1) is 22.8. The second-order valence-electron chi connectivity index (χ2n) is 6.85. The molecule has 0 unspecified atom stereocenters. The molecule has 1 atom stereocenters. The summed E-state index contributed by atoms with van der Waals surface area (Å²) < 4.78 is 26.1. The monoisotopic (exact) mass is 464 g/mol. The smallest absolute Gasteiger partial charge is 0.269 e. The number of nitrogens with zero attached hydrogens (tertiary/aromatic N) is 5. The van der Waals surface area contributed by atoms with Crippen molar-refractivity contribution in [3.8, 4) is 11.4 Å². The zero-order chi connectivity index (χ0) is 22.8. The summed E-state index contributed by atoms with van der Waals surface area (Å²) in [6, 6.07) is 3.99. The third-order valence-electron chi connectivity index (χ3n) is 4.83. The van der Waals surface area contributed by atoms with E-state index in [1.54, 1.807) is 12.1 Å². The molecule has 2 aromatic rings. The maximum Gasteiger partial charge on any atom is 0.269 e. The van der Waals surface area contributed by atoms with Gasteiger partial charge in [-0.3, -0.25) is 9.59 Å². The summed E-state index contributed by atoms with van der Waals surface area (Å²) in [5.41, 5.74) is 1.38. The van der Waals surface area contributed by atoms with E-state index in [9.17, 15) is 18.0 Å². The molecule has 0 aromatic carbocycles. The Morgan fingerprint density at radius 3 is 2.61 bits per heavy atom. The van der Waals surface area contributed by atoms with E-state index in [2.05, 4.69) is 26.8 Å². The van der Waals surface area contributed by atoms with Crippen molar-refractivity contribution in [3.05, 3.63) is 53.6 Å². The van der Waals surface area contributed by atoms with Crippen molar-refractivity contribution in [3.63, 3.8) is 0 Å². The van der Waals surface area contributed by atoms with Gasteiger partial charge in [0, 0.05) is 26.7 Å². The zero-order valence-electron chi connectivity index (χ0n) is 16.9. The second kappa shape index (κ2) is 9.08. The quantitative estimate of drug-likeness (QED) is 0.514. The third kappa shape index (κ3) is 5.06. The molecule has 2 aromatic heterocycles. The average Bonchev–Trinajstić information content (AvgIpc) is 2.76. The largest absolute Gasteiger partial charge is 0.354 e. The predicted octanol–water partition coefficient (Wildman–Crippen LogP) is 0.882. The normalized spacial score (nSPS) is 17.3. The SMILES string of the molecule is C=CC(=O)N1CCN(S(C)(=O)=O)[C@H](c2cc(Cl)nc(-c3cc(C(=O)NC)ncn3)c2)C1. The summed E-state index contributed by atoms with van der Waals surface area (Å²) in [5, 5.41) is 2.60. The molecule has 1 aliphatic rings. The number of rotatable bonds is 5. The van der Waals surface area contributed by atoms with Crippen LogP contribution in [0.4, 0.5) is 0 Å². The highest BCUT2D eigenvalue weighted by atomic mass is 35.5. The summed E-state index contributed by atoms with van der Waals surface area (Å²) in [5.74, 6) is -0.676. The van der Waals surface area contributed by atoms with E-state index in [-0.39, 0.29) is 42.3 Å². The molecule has 12 heteroatoms. The van der Waals surface area contributed by atoms with Gasteiger partial charge < -0.3 is 10.2 Å². The predicted molar refractivity (Wildman–Crippen MR) is 115 cm³/mol. The molecule has 3 rings (SSSR count). The number of hydrogen-bond donors (Lipinski definition) is 1. The van der Waals surface area contributed by atoms with Gasteiger partial charge in [-0.1, -0.05) is 18.2 Å². The number of carbonyl (C=O) groups is 2. The van der Waals surface area contributed by atoms with E-state index < -0.39 is 16.1 Å². The number of sulfonamides is 1. The van der Waals surface area contributed by atoms with Crippen LogP contribution in [0.25, 0.3) is 11.4 Å². The van der Waals surface area contributed by atoms with Crippen molar-refractivity contribution in [2.45, 2.75) is 6.04 Å². The molecule has 1 aliphatic heterocycles. The molecule has 0 saturated carbocycles. The van der Waals surface area contributed by atoms with Gasteiger partial charge in [0.15, 0.2) is 0 Å². The molecule has 0 spiro atoms. The first-order valence-electron chi connectivity index (χ1n) is 9.24. The summed E-state index contributed by atoms with van der Waals surface area (Å²) in [6.45, 7) is 4.01. The van der Waals surface area contributed by atoms with Gasteiger partial charge in [0.25, 0.3) is 5.91 Å². The fraction of sp³-hybridized carbons (Fsp3) is 0.316. The molecule has 31 heavy (non-hydrogen) atoms. The number of pyridine rings is 1. The Balaban J connectivity index is 2.06. The van der Waals surface area contributed by atoms with Crippen LogP contribution in [0.3, 0.4) is 0 Å². The van der Waals surface area contributed by atoms with Crippen LogP contribution in [0.5, 0.6) is 0 Å². The van der Waals surface area contributed by atoms with Crippen LogP contribution in [0.1, 0.15) is 22.1 Å². The molecule has 164 valence electrons. The molecule has 1 saturated heterocycles. The van der Waals surface area contributed by atoms with Gasteiger partial charge in [0.05, 0.1) is 23.7 Å². The molecular formula is C19H21ClN6O4S. The molecule has 2 amide bonds. The fourth-order valence-corrected chi connectivity index (χ4v) is 4.64. The Morgan fingerprint density at radius 1 is 1.23 bits per heavy atom. The summed E-state index contributed by atoms with van der Waals surface area (Å²) in [6.07, 6.45) is 3.55. The van der Waals surface area contributed by atoms with E-state index in [1.165, 1.54) is 34.7 Å². The topological polar surface area (TPSA) is 125 Å². The van der Waals surface area contributed by atoms with Crippen LogP contribution < -0.4 is 5.32 Å². The van der Waals surface area contributed by atoms with Crippen molar-refractivity contribution < 1.29 is 18.0 Å². The fourth-order valence-electron chi connectivity index (χ4n) is 3.35. The van der Waals surface area contributed by atoms with E-state index in [1.807, 2.05) is 0 Å². The molecule has 0 bridgehead atoms. The minimum atomic E-state index is -3.56. The molecular weight excluding hydrogens is 444 g/mol. The molecule has 3 heterocycles. The number of halogens is 1. The third-order valence-corrected chi connectivity index (χ3v) is 6.32. The number of aromatic nitrogens is 3. The van der Waals surface area contributed by atoms with Crippen LogP contribution in [0, 0.1) is 0 Å². The van der Waals surface area contributed by atoms with Gasteiger partial charge >= 0.3 is 0 Å². The maximum atomic E-state index is 12.4. The second-order valence-corrected chi connectivity index (χ2v) is 9.18. The molecule has 10 nitrogen and oxygen atoms in total. The van der Waals surface area contributed by atoms with E-state index in [4.69, 9.17) is 11.6 Å². The van der Waals surface area contributed by atoms with Gasteiger partial charge in [0.2, 0.25) is 15.9 Å². The Labute approximate surface area is 185 Å². The van der Waals surface area contributed by atoms with Gasteiger partial charge in [-0.2, -0.15) is 4.31 Å². The lowest BCUT2D eigenvalue weighted by Gasteiger charge is -2.40. The zero-order valence-corrected chi connectivity index (χ0v) is 18.5. The standard InChI is InChI=1S/C19H21ClN6O4S/c1-4-18(27)25-5-6-26(31(3,29)30)16(10-25)12-7-14(24-17(20)8-12)13-9-15(19(28)21-2)23-11-22-13/h4,7-9,11,16H,1,5-6,10H2,2-3H3,(H,21,28)/t16-/m0/s1. The van der Waals surface area contributed by atoms with E-state index in [0.29, 0.717) is 17.0 Å². The highest BCUT2D eigenvalue weighted by Gasteiger charge is 2.35. The maximum absolute atomic E-state index is 12.4. The molecule has 0 radical (unpaired) electrons. The van der Waals surface area contributed by atoms with Crippen molar-refractivity contribution >= 4 is 33.4 Å². The lowest BCUT2D eigenvalue weighted by molar-refractivity contribution is -0.128. The van der Waals surface area contributed by atoms with Crippen molar-refractivity contribution in [2.24, 2.45) is 0 Å². The van der Waals surface area contributed by atoms with Crippen molar-refractivity contribution in [1.82, 2.24) is 29.5 Å². The molecule has 1 fully saturated rings. The Bertz CT molecular complexity index is 1140. The molecule has 0 aliphatic carbocycles. The first-order valence-corrected chi connectivity index (χ1v) is 11.5. The van der Waals surface area contributed by atoms with E-state index >= 15 is 0 Å². The number of piperazine rings is 1. The van der Waals surface area contributed by atoms with Crippen LogP contribution >= 0.6 is 11.6 Å². The highest BCUT2D eigenvalue weighted by molar-refractivity contribution is 7.88. The van der Waals surface area contributed by atoms with Gasteiger partial charge in [0.1, 0.15) is 17.2 Å². The lowest BCUT2D eigenvalue weighted by atomic mass is 10.0. The number of amides is 2. The Morgan fingerprint density at radius 2 is 1.97 bits per heavy atom. The van der Waals surface area contributed by atoms with Crippen LogP contribution in [0.15, 0.2) is 37.2 Å². The molecule has 1 N–H and O–H groups in total. The number of nitrogens with one attached hydrogen (secondary N) is 1. The number of hydrogen-bond acceptors (Lipinski definition) is 7. The number of carbonyl (C=O) groups excluding carboxylic acids is 2. The van der Waals surface area contributed by atoms with Crippen molar-refractivity contribution in [1.29, 1.82) is 0 Å². The summed E-state index contributed by atoms with van der Waals surface area (Å²) >= 11 is 6.24. The summed E-state index contributed by atoms with van der Waals surface area (Å²) in [4.78, 5) is 37.9. The minimum absolute atomic E-state index is 0.119. The average molecular weight is 465 g/mol. The van der Waals surface area contributed by atoms with Crippen LogP contribution in [-0.4, -0.2) is 77.3 Å². The van der Waals surface area contributed by atoms with Gasteiger partial charge in [-0.05, 0) is 29.8 Å².